The number of benzene rings is 3. The van der Waals surface area contributed by atoms with Crippen LogP contribution in [-0.2, 0) is 20.7 Å². The highest BCUT2D eigenvalue weighted by Crippen LogP contribution is 2.19. The molecule has 3 rings (SSSR count). The number of carbonyl (C=O) groups is 3. The van der Waals surface area contributed by atoms with Crippen molar-refractivity contribution in [1.82, 2.24) is 5.32 Å². The molecule has 0 heterocycles. The quantitative estimate of drug-likeness (QED) is 0.466. The highest BCUT2D eigenvalue weighted by Gasteiger charge is 2.17. The van der Waals surface area contributed by atoms with Gasteiger partial charge in [0.05, 0.1) is 30.8 Å². The third-order valence-corrected chi connectivity index (χ3v) is 5.02. The normalized spacial score (nSPS) is 11.3. The minimum absolute atomic E-state index is 0.0670. The number of ether oxygens (including phenoxy) is 2. The first-order valence-corrected chi connectivity index (χ1v) is 10.6. The Morgan fingerprint density at radius 3 is 2.38 bits per heavy atom. The van der Waals surface area contributed by atoms with Crippen molar-refractivity contribution in [3.05, 3.63) is 95.3 Å². The van der Waals surface area contributed by atoms with Crippen LogP contribution in [0.15, 0.2) is 72.8 Å². The average Bonchev–Trinajstić information content (AvgIpc) is 2.83. The Morgan fingerprint density at radius 2 is 1.68 bits per heavy atom. The van der Waals surface area contributed by atoms with Crippen molar-refractivity contribution in [3.8, 4) is 5.75 Å². The van der Waals surface area contributed by atoms with Crippen molar-refractivity contribution >= 4 is 23.5 Å². The van der Waals surface area contributed by atoms with Gasteiger partial charge in [0.25, 0.3) is 11.8 Å². The molecule has 1 unspecified atom stereocenters. The molecule has 0 aliphatic heterocycles. The zero-order valence-electron chi connectivity index (χ0n) is 18.8. The first-order chi connectivity index (χ1) is 16.4. The second-order valence-corrected chi connectivity index (χ2v) is 7.51. The Balaban J connectivity index is 1.55. The van der Waals surface area contributed by atoms with Gasteiger partial charge in [-0.2, -0.15) is 0 Å². The number of rotatable bonds is 9. The van der Waals surface area contributed by atoms with Gasteiger partial charge >= 0.3 is 5.97 Å². The van der Waals surface area contributed by atoms with Crippen LogP contribution in [-0.4, -0.2) is 31.5 Å². The first kappa shape index (κ1) is 24.4. The molecule has 0 aliphatic rings. The molecule has 0 bridgehead atoms. The molecular weight excluding hydrogens is 439 g/mol. The lowest BCUT2D eigenvalue weighted by molar-refractivity contribution is -0.146. The third kappa shape index (κ3) is 6.65. The van der Waals surface area contributed by atoms with Crippen molar-refractivity contribution in [1.29, 1.82) is 0 Å². The predicted molar refractivity (Wildman–Crippen MR) is 125 cm³/mol. The van der Waals surface area contributed by atoms with E-state index < -0.39 is 24.3 Å². The summed E-state index contributed by atoms with van der Waals surface area (Å²) in [7, 11) is 1.34. The lowest BCUT2D eigenvalue weighted by Crippen LogP contribution is -2.28. The van der Waals surface area contributed by atoms with Gasteiger partial charge in [-0.05, 0) is 42.3 Å². The summed E-state index contributed by atoms with van der Waals surface area (Å²) in [5.74, 6) is -2.18. The molecule has 2 amide bonds. The van der Waals surface area contributed by atoms with E-state index in [1.54, 1.807) is 24.3 Å². The maximum absolute atomic E-state index is 13.8. The van der Waals surface area contributed by atoms with Gasteiger partial charge in [-0.25, -0.2) is 4.39 Å². The van der Waals surface area contributed by atoms with E-state index in [-0.39, 0.29) is 29.7 Å². The van der Waals surface area contributed by atoms with Crippen LogP contribution in [0.4, 0.5) is 10.1 Å². The van der Waals surface area contributed by atoms with Gasteiger partial charge in [0, 0.05) is 0 Å². The van der Waals surface area contributed by atoms with Crippen LogP contribution in [0.3, 0.4) is 0 Å². The molecule has 0 spiro atoms. The van der Waals surface area contributed by atoms with E-state index in [9.17, 15) is 18.8 Å². The predicted octanol–water partition coefficient (Wildman–Crippen LogP) is 4.05. The van der Waals surface area contributed by atoms with E-state index in [1.165, 1.54) is 25.3 Å². The second-order valence-electron chi connectivity index (χ2n) is 7.51. The summed E-state index contributed by atoms with van der Waals surface area (Å²) in [4.78, 5) is 37.2. The number of methoxy groups -OCH3 is 1. The topological polar surface area (TPSA) is 93.7 Å². The summed E-state index contributed by atoms with van der Waals surface area (Å²) in [5.41, 5.74) is 1.90. The van der Waals surface area contributed by atoms with Gasteiger partial charge in [0.1, 0.15) is 0 Å². The summed E-state index contributed by atoms with van der Waals surface area (Å²) in [6.07, 6.45) is -0.204. The molecule has 0 radical (unpaired) electrons. The number of anilines is 1. The SMILES string of the molecule is COc1ccc(CC(=O)OCC(=O)Nc2ccccc2C(=O)NC(C)c2ccccc2)cc1F. The van der Waals surface area contributed by atoms with Crippen molar-refractivity contribution in [3.63, 3.8) is 0 Å². The van der Waals surface area contributed by atoms with Gasteiger partial charge in [-0.15, -0.1) is 0 Å². The summed E-state index contributed by atoms with van der Waals surface area (Å²) in [6.45, 7) is 1.32. The molecule has 0 aliphatic carbocycles. The number of halogens is 1. The highest BCUT2D eigenvalue weighted by atomic mass is 19.1. The second kappa shape index (κ2) is 11.6. The van der Waals surface area contributed by atoms with Gasteiger partial charge in [0.2, 0.25) is 0 Å². The molecule has 7 nitrogen and oxygen atoms in total. The largest absolute Gasteiger partial charge is 0.494 e. The van der Waals surface area contributed by atoms with Crippen LogP contribution < -0.4 is 15.4 Å². The molecule has 34 heavy (non-hydrogen) atoms. The molecule has 0 saturated carbocycles. The maximum atomic E-state index is 13.8. The van der Waals surface area contributed by atoms with Crippen LogP contribution in [0.1, 0.15) is 34.5 Å². The molecule has 2 N–H and O–H groups in total. The van der Waals surface area contributed by atoms with Crippen molar-refractivity contribution in [2.45, 2.75) is 19.4 Å². The Bertz CT molecular complexity index is 1170. The fraction of sp³-hybridized carbons (Fsp3) is 0.192. The minimum Gasteiger partial charge on any atom is -0.494 e. The Morgan fingerprint density at radius 1 is 0.971 bits per heavy atom. The monoisotopic (exact) mass is 464 g/mol. The zero-order chi connectivity index (χ0) is 24.5. The van der Waals surface area contributed by atoms with Gasteiger partial charge < -0.3 is 20.1 Å². The molecule has 0 fully saturated rings. The molecule has 8 heteroatoms. The molecular formula is C26H25FN2O5. The summed E-state index contributed by atoms with van der Waals surface area (Å²) < 4.78 is 23.6. The fourth-order valence-electron chi connectivity index (χ4n) is 3.26. The Labute approximate surface area is 196 Å². The highest BCUT2D eigenvalue weighted by molar-refractivity contribution is 6.04. The van der Waals surface area contributed by atoms with Gasteiger partial charge in [-0.1, -0.05) is 48.5 Å². The van der Waals surface area contributed by atoms with Crippen LogP contribution in [0.25, 0.3) is 0 Å². The summed E-state index contributed by atoms with van der Waals surface area (Å²) in [6, 6.07) is 19.9. The van der Waals surface area contributed by atoms with Crippen LogP contribution >= 0.6 is 0 Å². The zero-order valence-corrected chi connectivity index (χ0v) is 18.8. The molecule has 0 saturated heterocycles. The third-order valence-electron chi connectivity index (χ3n) is 5.02. The lowest BCUT2D eigenvalue weighted by atomic mass is 10.1. The van der Waals surface area contributed by atoms with E-state index in [0.29, 0.717) is 11.3 Å². The maximum Gasteiger partial charge on any atom is 0.310 e. The van der Waals surface area contributed by atoms with E-state index in [2.05, 4.69) is 10.6 Å². The standard InChI is InChI=1S/C26H25FN2O5/c1-17(19-8-4-3-5-9-19)28-26(32)20-10-6-7-11-22(20)29-24(30)16-34-25(31)15-18-12-13-23(33-2)21(27)14-18/h3-14,17H,15-16H2,1-2H3,(H,28,32)(H,29,30). The molecule has 0 aromatic heterocycles. The van der Waals surface area contributed by atoms with E-state index in [0.717, 1.165) is 5.56 Å². The Hall–Kier alpha value is -4.20. The minimum atomic E-state index is -0.692. The Kier molecular flexibility index (Phi) is 8.34. The van der Waals surface area contributed by atoms with Crippen molar-refractivity contribution in [2.75, 3.05) is 19.0 Å². The van der Waals surface area contributed by atoms with Crippen LogP contribution in [0.5, 0.6) is 5.75 Å². The van der Waals surface area contributed by atoms with E-state index >= 15 is 0 Å². The number of carbonyl (C=O) groups excluding carboxylic acids is 3. The van der Waals surface area contributed by atoms with Crippen molar-refractivity contribution < 1.29 is 28.2 Å². The van der Waals surface area contributed by atoms with E-state index in [1.807, 2.05) is 37.3 Å². The number of nitrogens with one attached hydrogen (secondary N) is 2. The summed E-state index contributed by atoms with van der Waals surface area (Å²) >= 11 is 0. The fourth-order valence-corrected chi connectivity index (χ4v) is 3.26. The number of amides is 2. The molecule has 1 atom stereocenters. The first-order valence-electron chi connectivity index (χ1n) is 10.6. The number of para-hydroxylation sites is 1. The average molecular weight is 464 g/mol. The molecule has 3 aromatic carbocycles. The van der Waals surface area contributed by atoms with Crippen LogP contribution in [0, 0.1) is 5.82 Å². The smallest absolute Gasteiger partial charge is 0.310 e. The van der Waals surface area contributed by atoms with Crippen LogP contribution in [0.2, 0.25) is 0 Å². The van der Waals surface area contributed by atoms with E-state index in [4.69, 9.17) is 9.47 Å². The lowest BCUT2D eigenvalue weighted by Gasteiger charge is -2.16. The van der Waals surface area contributed by atoms with Crippen molar-refractivity contribution in [2.24, 2.45) is 0 Å². The number of hydrogen-bond acceptors (Lipinski definition) is 5. The summed E-state index contributed by atoms with van der Waals surface area (Å²) in [5, 5.41) is 5.50. The number of hydrogen-bond donors (Lipinski definition) is 2. The molecule has 3 aromatic rings. The van der Waals surface area contributed by atoms with Gasteiger partial charge in [-0.3, -0.25) is 14.4 Å². The number of esters is 1. The molecule has 176 valence electrons. The van der Waals surface area contributed by atoms with Gasteiger partial charge in [0.15, 0.2) is 18.2 Å².